The number of aromatic nitrogens is 6. The van der Waals surface area contributed by atoms with Crippen LogP contribution in [0.1, 0.15) is 17.2 Å². The molecule has 0 bridgehead atoms. The topological polar surface area (TPSA) is 158 Å². The third-order valence-corrected chi connectivity index (χ3v) is 7.64. The van der Waals surface area contributed by atoms with E-state index < -0.39 is 23.9 Å². The van der Waals surface area contributed by atoms with Gasteiger partial charge in [-0.1, -0.05) is 17.7 Å². The van der Waals surface area contributed by atoms with Gasteiger partial charge in [0.05, 0.1) is 35.0 Å². The van der Waals surface area contributed by atoms with Crippen molar-refractivity contribution in [2.24, 2.45) is 7.05 Å². The molecule has 44 heavy (non-hydrogen) atoms. The van der Waals surface area contributed by atoms with E-state index in [-0.39, 0.29) is 10.6 Å². The molecule has 0 radical (unpaired) electrons. The quantitative estimate of drug-likeness (QED) is 0.292. The van der Waals surface area contributed by atoms with E-state index in [4.69, 9.17) is 16.6 Å². The summed E-state index contributed by atoms with van der Waals surface area (Å²) in [7, 11) is 1.82. The molecule has 2 N–H and O–H groups in total. The van der Waals surface area contributed by atoms with Crippen LogP contribution in [0.4, 0.5) is 15.0 Å². The minimum atomic E-state index is -1.39. The lowest BCUT2D eigenvalue weighted by molar-refractivity contribution is -0.133. The molecule has 1 aliphatic heterocycles. The summed E-state index contributed by atoms with van der Waals surface area (Å²) in [5.41, 5.74) is 3.87. The molecule has 5 aromatic rings. The number of hydrogen-bond donors (Lipinski definition) is 2. The monoisotopic (exact) mass is 614 g/mol. The van der Waals surface area contributed by atoms with Crippen molar-refractivity contribution in [2.45, 2.75) is 6.04 Å². The Morgan fingerprint density at radius 1 is 1.07 bits per heavy atom. The van der Waals surface area contributed by atoms with Crippen LogP contribution in [-0.2, 0) is 11.8 Å². The molecule has 4 aromatic heterocycles. The third kappa shape index (κ3) is 5.48. The zero-order chi connectivity index (χ0) is 31.0. The first kappa shape index (κ1) is 28.6. The van der Waals surface area contributed by atoms with Crippen molar-refractivity contribution in [3.05, 3.63) is 83.3 Å². The molecule has 0 spiro atoms. The van der Waals surface area contributed by atoms with Gasteiger partial charge in [0.15, 0.2) is 0 Å². The lowest BCUT2D eigenvalue weighted by atomic mass is 10.0. The van der Waals surface area contributed by atoms with Crippen LogP contribution in [0.2, 0.25) is 5.02 Å². The number of benzene rings is 1. The fourth-order valence-electron chi connectivity index (χ4n) is 5.14. The number of carboxylic acid groups (broad SMARTS) is 1. The van der Waals surface area contributed by atoms with Crippen LogP contribution in [0, 0.1) is 17.1 Å². The van der Waals surface area contributed by atoms with E-state index in [9.17, 15) is 24.3 Å². The van der Waals surface area contributed by atoms with E-state index in [1.165, 1.54) is 18.3 Å². The number of nitrogens with one attached hydrogen (secondary N) is 1. The Balaban J connectivity index is 1.21. The van der Waals surface area contributed by atoms with Crippen LogP contribution < -0.4 is 10.2 Å². The second-order valence-electron chi connectivity index (χ2n) is 10.1. The highest BCUT2D eigenvalue weighted by molar-refractivity contribution is 6.30. The second-order valence-corrected chi connectivity index (χ2v) is 10.5. The average molecular weight is 615 g/mol. The van der Waals surface area contributed by atoms with Gasteiger partial charge in [-0.2, -0.15) is 15.5 Å². The SMILES string of the molecule is Cn1cc(-c2cn3ncc(C#N)c3c(-c3ccc(N4CCN(C(=O)C(NC(=O)O)c5ccc(F)c(Cl)c5)CC4)nc3)n2)cn1. The summed E-state index contributed by atoms with van der Waals surface area (Å²) < 4.78 is 17.0. The zero-order valence-electron chi connectivity index (χ0n) is 23.2. The Bertz CT molecular complexity index is 1930. The highest BCUT2D eigenvalue weighted by Gasteiger charge is 2.31. The van der Waals surface area contributed by atoms with Crippen LogP contribution in [0.25, 0.3) is 28.0 Å². The van der Waals surface area contributed by atoms with Gasteiger partial charge in [0.1, 0.15) is 34.8 Å². The average Bonchev–Trinajstić information content (AvgIpc) is 3.66. The number of pyridine rings is 1. The summed E-state index contributed by atoms with van der Waals surface area (Å²) in [6, 6.07) is 8.33. The molecule has 1 aliphatic rings. The van der Waals surface area contributed by atoms with Crippen molar-refractivity contribution < 1.29 is 19.1 Å². The van der Waals surface area contributed by atoms with Gasteiger partial charge in [0.2, 0.25) is 5.91 Å². The number of piperazine rings is 1. The first-order valence-electron chi connectivity index (χ1n) is 13.4. The first-order chi connectivity index (χ1) is 21.2. The van der Waals surface area contributed by atoms with Crippen molar-refractivity contribution in [3.63, 3.8) is 0 Å². The van der Waals surface area contributed by atoms with Crippen molar-refractivity contribution in [1.82, 2.24) is 39.6 Å². The van der Waals surface area contributed by atoms with Crippen LogP contribution in [0.5, 0.6) is 0 Å². The van der Waals surface area contributed by atoms with Gasteiger partial charge < -0.3 is 20.2 Å². The molecule has 15 heteroatoms. The largest absolute Gasteiger partial charge is 0.465 e. The maximum Gasteiger partial charge on any atom is 0.405 e. The molecule has 5 heterocycles. The van der Waals surface area contributed by atoms with E-state index in [1.807, 2.05) is 30.3 Å². The van der Waals surface area contributed by atoms with Gasteiger partial charge in [0.25, 0.3) is 0 Å². The first-order valence-corrected chi connectivity index (χ1v) is 13.8. The summed E-state index contributed by atoms with van der Waals surface area (Å²) in [6.07, 6.45) is 7.08. The highest BCUT2D eigenvalue weighted by atomic mass is 35.5. The molecule has 1 aromatic carbocycles. The second kappa shape index (κ2) is 11.6. The summed E-state index contributed by atoms with van der Waals surface area (Å²) in [6.45, 7) is 1.52. The number of amides is 2. The number of nitriles is 1. The molecule has 2 amide bonds. The summed E-state index contributed by atoms with van der Waals surface area (Å²) in [5, 5.41) is 29.6. The lowest BCUT2D eigenvalue weighted by Crippen LogP contribution is -2.52. The van der Waals surface area contributed by atoms with Crippen molar-refractivity contribution in [2.75, 3.05) is 31.1 Å². The number of carbonyl (C=O) groups is 2. The Hall–Kier alpha value is -5.55. The van der Waals surface area contributed by atoms with Gasteiger partial charge in [-0.25, -0.2) is 23.7 Å². The molecular weight excluding hydrogens is 591 g/mol. The van der Waals surface area contributed by atoms with Crippen molar-refractivity contribution in [1.29, 1.82) is 5.26 Å². The maximum absolute atomic E-state index is 13.7. The number of hydrogen-bond acceptors (Lipinski definition) is 8. The molecule has 1 unspecified atom stereocenters. The van der Waals surface area contributed by atoms with E-state index in [2.05, 4.69) is 26.6 Å². The predicted molar refractivity (Wildman–Crippen MR) is 157 cm³/mol. The molecule has 6 rings (SSSR count). The number of carbonyl (C=O) groups excluding carboxylic acids is 1. The fourth-order valence-corrected chi connectivity index (χ4v) is 5.33. The Labute approximate surface area is 254 Å². The molecule has 0 saturated carbocycles. The maximum atomic E-state index is 13.7. The normalized spacial score (nSPS) is 14.0. The van der Waals surface area contributed by atoms with Crippen molar-refractivity contribution in [3.8, 4) is 28.6 Å². The van der Waals surface area contributed by atoms with Crippen LogP contribution in [0.15, 0.2) is 61.3 Å². The fraction of sp³-hybridized carbons (Fsp3) is 0.207. The Kier molecular flexibility index (Phi) is 7.54. The number of aryl methyl sites for hydroxylation is 1. The van der Waals surface area contributed by atoms with Crippen molar-refractivity contribution >= 4 is 34.9 Å². The molecule has 222 valence electrons. The summed E-state index contributed by atoms with van der Waals surface area (Å²) in [5.74, 6) is -0.447. The number of rotatable bonds is 6. The standard InChI is InChI=1S/C29H24ClFN10O3/c1-38-15-20(14-34-38)23-16-41-27(19(11-32)13-35-41)25(36-23)18-3-5-24(33-12-18)39-6-8-40(9-7-39)28(42)26(37-29(43)44)17-2-4-22(31)21(30)10-17/h2-5,10,12-16,26,37H,6-9H2,1H3,(H,43,44). The van der Waals surface area contributed by atoms with E-state index in [1.54, 1.807) is 32.7 Å². The Morgan fingerprint density at radius 3 is 2.50 bits per heavy atom. The molecule has 1 fully saturated rings. The predicted octanol–water partition coefficient (Wildman–Crippen LogP) is 3.51. The number of halogens is 2. The zero-order valence-corrected chi connectivity index (χ0v) is 24.0. The van der Waals surface area contributed by atoms with Crippen LogP contribution in [0.3, 0.4) is 0 Å². The molecule has 1 saturated heterocycles. The van der Waals surface area contributed by atoms with Crippen LogP contribution >= 0.6 is 11.6 Å². The third-order valence-electron chi connectivity index (χ3n) is 7.35. The van der Waals surface area contributed by atoms with Gasteiger partial charge in [0, 0.05) is 56.7 Å². The summed E-state index contributed by atoms with van der Waals surface area (Å²) >= 11 is 5.88. The van der Waals surface area contributed by atoms with Gasteiger partial charge in [-0.15, -0.1) is 0 Å². The van der Waals surface area contributed by atoms with Gasteiger partial charge >= 0.3 is 6.09 Å². The number of anilines is 1. The van der Waals surface area contributed by atoms with E-state index >= 15 is 0 Å². The van der Waals surface area contributed by atoms with E-state index in [0.29, 0.717) is 60.0 Å². The smallest absolute Gasteiger partial charge is 0.405 e. The minimum Gasteiger partial charge on any atom is -0.465 e. The highest BCUT2D eigenvalue weighted by Crippen LogP contribution is 2.30. The Morgan fingerprint density at radius 2 is 1.86 bits per heavy atom. The summed E-state index contributed by atoms with van der Waals surface area (Å²) in [4.78, 5) is 37.8. The molecular formula is C29H24ClFN10O3. The lowest BCUT2D eigenvalue weighted by Gasteiger charge is -2.37. The molecule has 13 nitrogen and oxygen atoms in total. The van der Waals surface area contributed by atoms with Gasteiger partial charge in [-0.3, -0.25) is 9.48 Å². The number of fused-ring (bicyclic) bond motifs is 1. The molecule has 1 atom stereocenters. The minimum absolute atomic E-state index is 0.205. The number of nitrogens with zero attached hydrogens (tertiary/aromatic N) is 9. The molecule has 0 aliphatic carbocycles. The van der Waals surface area contributed by atoms with E-state index in [0.717, 1.165) is 11.6 Å². The van der Waals surface area contributed by atoms with Gasteiger partial charge in [-0.05, 0) is 29.8 Å². The van der Waals surface area contributed by atoms with Crippen LogP contribution in [-0.4, -0.2) is 77.5 Å².